The Balaban J connectivity index is 3.31. The van der Waals surface area contributed by atoms with Crippen molar-refractivity contribution in [2.75, 3.05) is 6.61 Å². The van der Waals surface area contributed by atoms with E-state index in [1.165, 1.54) is 0 Å². The highest BCUT2D eigenvalue weighted by molar-refractivity contribution is 5.79. The number of carbonyl (C=O) groups is 1. The monoisotopic (exact) mass is 222 g/mol. The van der Waals surface area contributed by atoms with E-state index in [0.717, 1.165) is 16.7 Å². The molecule has 0 amide bonds. The first-order valence-corrected chi connectivity index (χ1v) is 5.37. The van der Waals surface area contributed by atoms with Crippen LogP contribution in [0.4, 0.5) is 0 Å². The van der Waals surface area contributed by atoms with Gasteiger partial charge in [0.2, 0.25) is 0 Å². The van der Waals surface area contributed by atoms with Crippen LogP contribution in [0.25, 0.3) is 0 Å². The molecule has 0 heterocycles. The van der Waals surface area contributed by atoms with E-state index in [1.807, 2.05) is 32.0 Å². The third-order valence-corrected chi connectivity index (χ3v) is 2.75. The molecule has 3 nitrogen and oxygen atoms in total. The van der Waals surface area contributed by atoms with Crippen LogP contribution in [0.2, 0.25) is 0 Å². The number of benzene rings is 1. The zero-order chi connectivity index (χ0) is 12.3. The lowest BCUT2D eigenvalue weighted by atomic mass is 9.90. The largest absolute Gasteiger partial charge is 0.479 e. The molecule has 3 heteroatoms. The van der Waals surface area contributed by atoms with Gasteiger partial charge >= 0.3 is 5.97 Å². The predicted molar refractivity (Wildman–Crippen MR) is 62.5 cm³/mol. The molecule has 0 aliphatic heterocycles. The Bertz CT molecular complexity index is 398. The van der Waals surface area contributed by atoms with Gasteiger partial charge in [-0.2, -0.15) is 0 Å². The molecule has 0 radical (unpaired) electrons. The second kappa shape index (κ2) is 4.66. The van der Waals surface area contributed by atoms with Crippen molar-refractivity contribution in [2.24, 2.45) is 0 Å². The SMILES string of the molecule is CCOC(C)(C(=O)O)c1cc(C)ccc1C. The van der Waals surface area contributed by atoms with Crippen molar-refractivity contribution < 1.29 is 14.6 Å². The number of hydrogen-bond donors (Lipinski definition) is 1. The summed E-state index contributed by atoms with van der Waals surface area (Å²) in [4.78, 5) is 11.4. The molecular formula is C13H18O3. The third-order valence-electron chi connectivity index (χ3n) is 2.75. The van der Waals surface area contributed by atoms with Gasteiger partial charge in [-0.15, -0.1) is 0 Å². The number of aliphatic carboxylic acids is 1. The molecule has 88 valence electrons. The van der Waals surface area contributed by atoms with Gasteiger partial charge in [-0.3, -0.25) is 0 Å². The summed E-state index contributed by atoms with van der Waals surface area (Å²) in [6.07, 6.45) is 0. The molecule has 1 atom stereocenters. The minimum Gasteiger partial charge on any atom is -0.479 e. The van der Waals surface area contributed by atoms with E-state index < -0.39 is 11.6 Å². The standard InChI is InChI=1S/C13H18O3/c1-5-16-13(4,12(14)15)11-8-9(2)6-7-10(11)3/h6-8H,5H2,1-4H3,(H,14,15). The summed E-state index contributed by atoms with van der Waals surface area (Å²) in [7, 11) is 0. The summed E-state index contributed by atoms with van der Waals surface area (Å²) >= 11 is 0. The predicted octanol–water partition coefficient (Wildman–Crippen LogP) is 2.64. The van der Waals surface area contributed by atoms with Gasteiger partial charge < -0.3 is 9.84 Å². The molecule has 0 saturated carbocycles. The Labute approximate surface area is 96.1 Å². The normalized spacial score (nSPS) is 14.5. The third kappa shape index (κ3) is 2.25. The molecule has 0 aliphatic rings. The highest BCUT2D eigenvalue weighted by Crippen LogP contribution is 2.29. The van der Waals surface area contributed by atoms with Gasteiger partial charge in [0.15, 0.2) is 5.60 Å². The summed E-state index contributed by atoms with van der Waals surface area (Å²) in [6, 6.07) is 5.76. The zero-order valence-electron chi connectivity index (χ0n) is 10.2. The van der Waals surface area contributed by atoms with Crippen molar-refractivity contribution in [3.63, 3.8) is 0 Å². The number of carboxylic acids is 1. The minimum absolute atomic E-state index is 0.371. The van der Waals surface area contributed by atoms with Crippen LogP contribution in [-0.2, 0) is 15.1 Å². The Morgan fingerprint density at radius 3 is 2.56 bits per heavy atom. The van der Waals surface area contributed by atoms with Crippen LogP contribution in [-0.4, -0.2) is 17.7 Å². The van der Waals surface area contributed by atoms with Crippen molar-refractivity contribution >= 4 is 5.97 Å². The number of hydrogen-bond acceptors (Lipinski definition) is 2. The average molecular weight is 222 g/mol. The van der Waals surface area contributed by atoms with E-state index in [0.29, 0.717) is 6.61 Å². The maximum atomic E-state index is 11.4. The van der Waals surface area contributed by atoms with E-state index in [2.05, 4.69) is 0 Å². The fourth-order valence-corrected chi connectivity index (χ4v) is 1.79. The fourth-order valence-electron chi connectivity index (χ4n) is 1.79. The lowest BCUT2D eigenvalue weighted by Crippen LogP contribution is -2.36. The second-order valence-corrected chi connectivity index (χ2v) is 4.09. The Kier molecular flexibility index (Phi) is 3.70. The molecule has 0 bridgehead atoms. The van der Waals surface area contributed by atoms with Crippen molar-refractivity contribution in [3.8, 4) is 0 Å². The molecular weight excluding hydrogens is 204 g/mol. The first-order valence-electron chi connectivity index (χ1n) is 5.37. The molecule has 1 rings (SSSR count). The van der Waals surface area contributed by atoms with Crippen LogP contribution in [0, 0.1) is 13.8 Å². The molecule has 0 fully saturated rings. The van der Waals surface area contributed by atoms with Crippen LogP contribution >= 0.6 is 0 Å². The maximum Gasteiger partial charge on any atom is 0.340 e. The van der Waals surface area contributed by atoms with Gasteiger partial charge in [0.05, 0.1) is 0 Å². The maximum absolute atomic E-state index is 11.4. The molecule has 0 aromatic heterocycles. The van der Waals surface area contributed by atoms with E-state index in [4.69, 9.17) is 4.74 Å². The zero-order valence-corrected chi connectivity index (χ0v) is 10.2. The lowest BCUT2D eigenvalue weighted by Gasteiger charge is -2.27. The molecule has 16 heavy (non-hydrogen) atoms. The molecule has 1 aromatic carbocycles. The van der Waals surface area contributed by atoms with E-state index >= 15 is 0 Å². The lowest BCUT2D eigenvalue weighted by molar-refractivity contribution is -0.164. The van der Waals surface area contributed by atoms with Gasteiger partial charge in [-0.25, -0.2) is 4.79 Å². The summed E-state index contributed by atoms with van der Waals surface area (Å²) in [5, 5.41) is 9.31. The number of ether oxygens (including phenoxy) is 1. The number of aryl methyl sites for hydroxylation is 2. The van der Waals surface area contributed by atoms with Crippen LogP contribution in [0.5, 0.6) is 0 Å². The van der Waals surface area contributed by atoms with Crippen molar-refractivity contribution in [2.45, 2.75) is 33.3 Å². The van der Waals surface area contributed by atoms with Crippen LogP contribution in [0.15, 0.2) is 18.2 Å². The van der Waals surface area contributed by atoms with Gasteiger partial charge in [0.25, 0.3) is 0 Å². The quantitative estimate of drug-likeness (QED) is 0.851. The van der Waals surface area contributed by atoms with Crippen LogP contribution in [0.1, 0.15) is 30.5 Å². The molecule has 0 spiro atoms. The van der Waals surface area contributed by atoms with Gasteiger partial charge in [0.1, 0.15) is 0 Å². The van der Waals surface area contributed by atoms with E-state index in [9.17, 15) is 9.90 Å². The number of rotatable bonds is 4. The molecule has 1 aromatic rings. The van der Waals surface area contributed by atoms with Crippen molar-refractivity contribution in [1.29, 1.82) is 0 Å². The van der Waals surface area contributed by atoms with Crippen LogP contribution in [0.3, 0.4) is 0 Å². The molecule has 1 unspecified atom stereocenters. The summed E-state index contributed by atoms with van der Waals surface area (Å²) in [6.45, 7) is 7.61. The fraction of sp³-hybridized carbons (Fsp3) is 0.462. The highest BCUT2D eigenvalue weighted by Gasteiger charge is 2.37. The highest BCUT2D eigenvalue weighted by atomic mass is 16.5. The Morgan fingerprint density at radius 1 is 1.44 bits per heavy atom. The minimum atomic E-state index is -1.26. The van der Waals surface area contributed by atoms with Gasteiger partial charge in [-0.05, 0) is 38.8 Å². The Hall–Kier alpha value is -1.35. The second-order valence-electron chi connectivity index (χ2n) is 4.09. The average Bonchev–Trinajstić information content (AvgIpc) is 2.21. The molecule has 0 aliphatic carbocycles. The van der Waals surface area contributed by atoms with Gasteiger partial charge in [0, 0.05) is 6.61 Å². The van der Waals surface area contributed by atoms with Crippen molar-refractivity contribution in [1.82, 2.24) is 0 Å². The molecule has 1 N–H and O–H groups in total. The van der Waals surface area contributed by atoms with E-state index in [1.54, 1.807) is 13.8 Å². The summed E-state index contributed by atoms with van der Waals surface area (Å²) in [5.41, 5.74) is 1.43. The van der Waals surface area contributed by atoms with Crippen molar-refractivity contribution in [3.05, 3.63) is 34.9 Å². The van der Waals surface area contributed by atoms with E-state index in [-0.39, 0.29) is 0 Å². The number of carboxylic acid groups (broad SMARTS) is 1. The first kappa shape index (κ1) is 12.7. The van der Waals surface area contributed by atoms with Crippen LogP contribution < -0.4 is 0 Å². The summed E-state index contributed by atoms with van der Waals surface area (Å²) in [5.74, 6) is -0.956. The molecule has 0 saturated heterocycles. The van der Waals surface area contributed by atoms with Gasteiger partial charge in [-0.1, -0.05) is 23.8 Å². The Morgan fingerprint density at radius 2 is 2.06 bits per heavy atom. The topological polar surface area (TPSA) is 46.5 Å². The smallest absolute Gasteiger partial charge is 0.340 e. The first-order chi connectivity index (χ1) is 7.41. The summed E-state index contributed by atoms with van der Waals surface area (Å²) < 4.78 is 5.41.